The highest BCUT2D eigenvalue weighted by Gasteiger charge is 2.23. The van der Waals surface area contributed by atoms with E-state index in [4.69, 9.17) is 5.73 Å². The van der Waals surface area contributed by atoms with Crippen molar-refractivity contribution in [2.75, 3.05) is 25.4 Å². The van der Waals surface area contributed by atoms with Crippen LogP contribution in [0.4, 0.5) is 5.69 Å². The summed E-state index contributed by atoms with van der Waals surface area (Å²) in [5, 5.41) is 3.00. The van der Waals surface area contributed by atoms with Crippen molar-refractivity contribution in [2.45, 2.75) is 32.7 Å². The van der Waals surface area contributed by atoms with Gasteiger partial charge in [0.2, 0.25) is 0 Å². The summed E-state index contributed by atoms with van der Waals surface area (Å²) in [6.45, 7) is 6.85. The van der Waals surface area contributed by atoms with Crippen LogP contribution in [-0.2, 0) is 0 Å². The molecule has 0 aromatic carbocycles. The smallest absolute Gasteiger partial charge is 0.253 e. The Bertz CT molecular complexity index is 461. The molecule has 0 saturated carbocycles. The molecule has 1 aromatic heterocycles. The predicted octanol–water partition coefficient (Wildman–Crippen LogP) is 1.19. The number of pyridine rings is 1. The first kappa shape index (κ1) is 13.8. The fourth-order valence-electron chi connectivity index (χ4n) is 2.63. The molecular formula is C14H22N4O. The Kier molecular flexibility index (Phi) is 4.37. The summed E-state index contributed by atoms with van der Waals surface area (Å²) < 4.78 is 0. The van der Waals surface area contributed by atoms with Crippen LogP contribution in [0.5, 0.6) is 0 Å². The molecule has 5 heteroatoms. The minimum Gasteiger partial charge on any atom is -0.397 e. The quantitative estimate of drug-likeness (QED) is 0.855. The number of nitrogen functional groups attached to an aromatic ring is 1. The maximum absolute atomic E-state index is 12.1. The number of aryl methyl sites for hydroxylation is 1. The lowest BCUT2D eigenvalue weighted by Gasteiger charge is -2.23. The van der Waals surface area contributed by atoms with E-state index in [9.17, 15) is 4.79 Å². The first-order valence-corrected chi connectivity index (χ1v) is 6.86. The number of hydrogen-bond acceptors (Lipinski definition) is 4. The minimum absolute atomic E-state index is 0.0831. The van der Waals surface area contributed by atoms with Crippen molar-refractivity contribution in [3.63, 3.8) is 0 Å². The minimum atomic E-state index is -0.0831. The molecule has 0 radical (unpaired) electrons. The van der Waals surface area contributed by atoms with E-state index in [-0.39, 0.29) is 5.91 Å². The lowest BCUT2D eigenvalue weighted by atomic mass is 10.1. The largest absolute Gasteiger partial charge is 0.397 e. The zero-order valence-corrected chi connectivity index (χ0v) is 11.6. The Labute approximate surface area is 114 Å². The summed E-state index contributed by atoms with van der Waals surface area (Å²) in [4.78, 5) is 18.7. The third kappa shape index (κ3) is 3.23. The molecule has 1 atom stereocenters. The zero-order chi connectivity index (χ0) is 13.8. The van der Waals surface area contributed by atoms with E-state index >= 15 is 0 Å². The van der Waals surface area contributed by atoms with Crippen LogP contribution in [0.25, 0.3) is 0 Å². The topological polar surface area (TPSA) is 71.2 Å². The lowest BCUT2D eigenvalue weighted by molar-refractivity contribution is 0.0940. The second-order valence-corrected chi connectivity index (χ2v) is 5.04. The van der Waals surface area contributed by atoms with Crippen molar-refractivity contribution in [3.8, 4) is 0 Å². The molecule has 0 spiro atoms. The number of nitrogens with two attached hydrogens (primary N) is 1. The molecule has 1 aliphatic heterocycles. The number of anilines is 1. The SMILES string of the molecule is CCN1CCCC1CNC(=O)c1cc(N)cnc1C. The van der Waals surface area contributed by atoms with Gasteiger partial charge < -0.3 is 11.1 Å². The van der Waals surface area contributed by atoms with E-state index in [0.29, 0.717) is 29.5 Å². The fourth-order valence-corrected chi connectivity index (χ4v) is 2.63. The van der Waals surface area contributed by atoms with Crippen LogP contribution < -0.4 is 11.1 Å². The first-order chi connectivity index (χ1) is 9.11. The van der Waals surface area contributed by atoms with E-state index in [2.05, 4.69) is 22.1 Å². The van der Waals surface area contributed by atoms with Gasteiger partial charge in [0.15, 0.2) is 0 Å². The van der Waals surface area contributed by atoms with Gasteiger partial charge in [0.05, 0.1) is 23.1 Å². The average molecular weight is 262 g/mol. The Morgan fingerprint density at radius 1 is 1.63 bits per heavy atom. The third-order valence-electron chi connectivity index (χ3n) is 3.76. The van der Waals surface area contributed by atoms with Crippen molar-refractivity contribution in [1.82, 2.24) is 15.2 Å². The average Bonchev–Trinajstić information content (AvgIpc) is 2.86. The van der Waals surface area contributed by atoms with E-state index in [0.717, 1.165) is 19.5 Å². The van der Waals surface area contributed by atoms with Gasteiger partial charge in [-0.2, -0.15) is 0 Å². The molecular weight excluding hydrogens is 240 g/mol. The van der Waals surface area contributed by atoms with Crippen LogP contribution in [0, 0.1) is 6.92 Å². The van der Waals surface area contributed by atoms with Gasteiger partial charge in [0.1, 0.15) is 0 Å². The summed E-state index contributed by atoms with van der Waals surface area (Å²) in [6, 6.07) is 2.15. The van der Waals surface area contributed by atoms with Gasteiger partial charge in [-0.1, -0.05) is 6.92 Å². The number of nitrogens with one attached hydrogen (secondary N) is 1. The molecule has 2 rings (SSSR count). The van der Waals surface area contributed by atoms with E-state index in [1.165, 1.54) is 6.42 Å². The molecule has 5 nitrogen and oxygen atoms in total. The first-order valence-electron chi connectivity index (χ1n) is 6.86. The molecule has 1 saturated heterocycles. The van der Waals surface area contributed by atoms with Crippen LogP contribution in [0.2, 0.25) is 0 Å². The maximum Gasteiger partial charge on any atom is 0.253 e. The summed E-state index contributed by atoms with van der Waals surface area (Å²) in [6.07, 6.45) is 3.94. The summed E-state index contributed by atoms with van der Waals surface area (Å²) in [5.41, 5.74) is 7.48. The van der Waals surface area contributed by atoms with E-state index in [1.54, 1.807) is 12.3 Å². The molecule has 19 heavy (non-hydrogen) atoms. The highest BCUT2D eigenvalue weighted by molar-refractivity contribution is 5.95. The van der Waals surface area contributed by atoms with Crippen molar-refractivity contribution < 1.29 is 4.79 Å². The Hall–Kier alpha value is -1.62. The van der Waals surface area contributed by atoms with Gasteiger partial charge in [0, 0.05) is 12.6 Å². The number of likely N-dealkylation sites (N-methyl/N-ethyl adjacent to an activating group) is 1. The molecule has 0 bridgehead atoms. The normalized spacial score (nSPS) is 19.6. The predicted molar refractivity (Wildman–Crippen MR) is 76.0 cm³/mol. The molecule has 0 aliphatic carbocycles. The summed E-state index contributed by atoms with van der Waals surface area (Å²) in [7, 11) is 0. The third-order valence-corrected chi connectivity index (χ3v) is 3.76. The monoisotopic (exact) mass is 262 g/mol. The Morgan fingerprint density at radius 3 is 3.16 bits per heavy atom. The zero-order valence-electron chi connectivity index (χ0n) is 11.6. The second kappa shape index (κ2) is 6.02. The van der Waals surface area contributed by atoms with Gasteiger partial charge in [-0.3, -0.25) is 14.7 Å². The number of carbonyl (C=O) groups is 1. The second-order valence-electron chi connectivity index (χ2n) is 5.04. The van der Waals surface area contributed by atoms with Crippen LogP contribution in [0.15, 0.2) is 12.3 Å². The number of hydrogen-bond donors (Lipinski definition) is 2. The van der Waals surface area contributed by atoms with Crippen LogP contribution in [0.3, 0.4) is 0 Å². The van der Waals surface area contributed by atoms with Crippen molar-refractivity contribution in [3.05, 3.63) is 23.5 Å². The molecule has 1 amide bonds. The van der Waals surface area contributed by atoms with E-state index in [1.807, 2.05) is 6.92 Å². The van der Waals surface area contributed by atoms with Crippen LogP contribution >= 0.6 is 0 Å². The molecule has 2 heterocycles. The number of carbonyl (C=O) groups excluding carboxylic acids is 1. The fraction of sp³-hybridized carbons (Fsp3) is 0.571. The standard InChI is InChI=1S/C14H22N4O/c1-3-18-6-4-5-12(18)9-17-14(19)13-7-11(15)8-16-10(13)2/h7-8,12H,3-6,9,15H2,1-2H3,(H,17,19). The Morgan fingerprint density at radius 2 is 2.42 bits per heavy atom. The van der Waals surface area contributed by atoms with Crippen LogP contribution in [0.1, 0.15) is 35.8 Å². The van der Waals surface area contributed by atoms with Gasteiger partial charge in [-0.05, 0) is 38.9 Å². The molecule has 104 valence electrons. The van der Waals surface area contributed by atoms with Crippen LogP contribution in [-0.4, -0.2) is 41.5 Å². The molecule has 1 aliphatic rings. The highest BCUT2D eigenvalue weighted by atomic mass is 16.1. The van der Waals surface area contributed by atoms with Crippen molar-refractivity contribution in [2.24, 2.45) is 0 Å². The van der Waals surface area contributed by atoms with Gasteiger partial charge >= 0.3 is 0 Å². The molecule has 1 aromatic rings. The summed E-state index contributed by atoms with van der Waals surface area (Å²) in [5.74, 6) is -0.0831. The van der Waals surface area contributed by atoms with Gasteiger partial charge in [-0.15, -0.1) is 0 Å². The Balaban J connectivity index is 1.96. The molecule has 3 N–H and O–H groups in total. The lowest BCUT2D eigenvalue weighted by Crippen LogP contribution is -2.40. The van der Waals surface area contributed by atoms with Crippen molar-refractivity contribution in [1.29, 1.82) is 0 Å². The van der Waals surface area contributed by atoms with Gasteiger partial charge in [-0.25, -0.2) is 0 Å². The number of aromatic nitrogens is 1. The van der Waals surface area contributed by atoms with Crippen molar-refractivity contribution >= 4 is 11.6 Å². The highest BCUT2D eigenvalue weighted by Crippen LogP contribution is 2.16. The number of nitrogens with zero attached hydrogens (tertiary/aromatic N) is 2. The number of amides is 1. The molecule has 1 unspecified atom stereocenters. The number of rotatable bonds is 4. The van der Waals surface area contributed by atoms with E-state index < -0.39 is 0 Å². The maximum atomic E-state index is 12.1. The van der Waals surface area contributed by atoms with Gasteiger partial charge in [0.25, 0.3) is 5.91 Å². The molecule has 1 fully saturated rings. The summed E-state index contributed by atoms with van der Waals surface area (Å²) >= 11 is 0. The number of likely N-dealkylation sites (tertiary alicyclic amines) is 1.